The summed E-state index contributed by atoms with van der Waals surface area (Å²) in [5.74, 6) is 0. The topological polar surface area (TPSA) is 276 Å². The number of para-hydroxylation sites is 2. The Balaban J connectivity index is -0.000000295. The zero-order chi connectivity index (χ0) is 23.7. The van der Waals surface area contributed by atoms with Crippen molar-refractivity contribution in [2.24, 2.45) is 0 Å². The molecule has 0 radical (unpaired) electrons. The van der Waals surface area contributed by atoms with Crippen LogP contribution in [0, 0.1) is 0 Å². The van der Waals surface area contributed by atoms with E-state index in [1.165, 1.54) is 0 Å². The zero-order valence-electron chi connectivity index (χ0n) is 14.3. The van der Waals surface area contributed by atoms with E-state index in [0.717, 1.165) is 11.4 Å². The standard InChI is InChI=1S/2C6H7N.3H2O4S/c2*7-6-4-2-1-3-5-6;3*1-5(2,3)4/h2*1-5H,7H2;3*(H2,1,2,3,4). The molecule has 0 fully saturated rings. The van der Waals surface area contributed by atoms with Gasteiger partial charge in [0.1, 0.15) is 0 Å². The first-order chi connectivity index (χ1) is 12.8. The van der Waals surface area contributed by atoms with Gasteiger partial charge in [-0.15, -0.1) is 0 Å². The summed E-state index contributed by atoms with van der Waals surface area (Å²) in [5.41, 5.74) is 12.4. The molecule has 168 valence electrons. The van der Waals surface area contributed by atoms with Gasteiger partial charge in [0.05, 0.1) is 0 Å². The summed E-state index contributed by atoms with van der Waals surface area (Å²) < 4.78 is 94.8. The first-order valence-electron chi connectivity index (χ1n) is 6.49. The Hall–Kier alpha value is -2.35. The lowest BCUT2D eigenvalue weighted by Gasteiger charge is -1.83. The number of hydrogen-bond donors (Lipinski definition) is 8. The molecule has 0 aliphatic carbocycles. The smallest absolute Gasteiger partial charge is 0.394 e. The van der Waals surface area contributed by atoms with E-state index >= 15 is 0 Å². The highest BCUT2D eigenvalue weighted by Crippen LogP contribution is 1.96. The van der Waals surface area contributed by atoms with Gasteiger partial charge in [-0.05, 0) is 24.3 Å². The fraction of sp³-hybridized carbons (Fsp3) is 0. The lowest BCUT2D eigenvalue weighted by Crippen LogP contribution is -1.89. The molecule has 0 atom stereocenters. The van der Waals surface area contributed by atoms with E-state index in [2.05, 4.69) is 0 Å². The van der Waals surface area contributed by atoms with E-state index in [1.807, 2.05) is 60.7 Å². The third kappa shape index (κ3) is 77.0. The molecule has 0 aliphatic rings. The Labute approximate surface area is 167 Å². The van der Waals surface area contributed by atoms with Crippen LogP contribution in [0.25, 0.3) is 0 Å². The Bertz CT molecular complexity index is 830. The minimum absolute atomic E-state index is 0.822. The predicted molar refractivity (Wildman–Crippen MR) is 104 cm³/mol. The molecule has 17 heteroatoms. The van der Waals surface area contributed by atoms with Gasteiger partial charge in [0.2, 0.25) is 0 Å². The Morgan fingerprint density at radius 2 is 0.586 bits per heavy atom. The van der Waals surface area contributed by atoms with E-state index in [-0.39, 0.29) is 0 Å². The van der Waals surface area contributed by atoms with Crippen molar-refractivity contribution in [2.45, 2.75) is 0 Å². The van der Waals surface area contributed by atoms with Crippen LogP contribution < -0.4 is 11.5 Å². The minimum Gasteiger partial charge on any atom is -0.399 e. The molecule has 0 heterocycles. The second-order valence-corrected chi connectivity index (χ2v) is 6.85. The summed E-state index contributed by atoms with van der Waals surface area (Å²) in [7, 11) is -14.0. The molecule has 14 nitrogen and oxygen atoms in total. The van der Waals surface area contributed by atoms with Crippen LogP contribution >= 0.6 is 0 Å². The highest BCUT2D eigenvalue weighted by atomic mass is 32.3. The van der Waals surface area contributed by atoms with Gasteiger partial charge in [0, 0.05) is 11.4 Å². The monoisotopic (exact) mass is 480 g/mol. The van der Waals surface area contributed by atoms with Gasteiger partial charge in [-0.3, -0.25) is 27.3 Å². The molecule has 0 aromatic heterocycles. The molecular formula is C12H20N2O12S3. The van der Waals surface area contributed by atoms with Crippen molar-refractivity contribution in [1.82, 2.24) is 0 Å². The lowest BCUT2D eigenvalue weighted by atomic mass is 10.3. The van der Waals surface area contributed by atoms with Crippen molar-refractivity contribution in [2.75, 3.05) is 11.5 Å². The molecule has 0 saturated heterocycles. The molecular weight excluding hydrogens is 460 g/mol. The van der Waals surface area contributed by atoms with Gasteiger partial charge < -0.3 is 11.5 Å². The molecule has 0 spiro atoms. The van der Waals surface area contributed by atoms with Crippen molar-refractivity contribution < 1.29 is 52.6 Å². The van der Waals surface area contributed by atoms with Gasteiger partial charge >= 0.3 is 31.2 Å². The van der Waals surface area contributed by atoms with Gasteiger partial charge in [-0.2, -0.15) is 25.3 Å². The van der Waals surface area contributed by atoms with Crippen LogP contribution in [-0.2, 0) is 31.2 Å². The molecule has 10 N–H and O–H groups in total. The number of anilines is 2. The zero-order valence-corrected chi connectivity index (χ0v) is 16.7. The molecule has 0 bridgehead atoms. The summed E-state index contributed by atoms with van der Waals surface area (Å²) in [6.07, 6.45) is 0. The molecule has 0 unspecified atom stereocenters. The first-order valence-corrected chi connectivity index (χ1v) is 10.7. The predicted octanol–water partition coefficient (Wildman–Crippen LogP) is 0.579. The largest absolute Gasteiger partial charge is 0.399 e. The molecule has 0 saturated carbocycles. The summed E-state index contributed by atoms with van der Waals surface area (Å²) >= 11 is 0. The van der Waals surface area contributed by atoms with Gasteiger partial charge in [0.15, 0.2) is 0 Å². The maximum atomic E-state index is 8.74. The minimum atomic E-state index is -4.67. The number of rotatable bonds is 0. The summed E-state index contributed by atoms with van der Waals surface area (Å²) in [6, 6.07) is 19.0. The average molecular weight is 480 g/mol. The lowest BCUT2D eigenvalue weighted by molar-refractivity contribution is 0.378. The Kier molecular flexibility index (Phi) is 16.8. The highest BCUT2D eigenvalue weighted by Gasteiger charge is 1.85. The van der Waals surface area contributed by atoms with Gasteiger partial charge in [0.25, 0.3) is 0 Å². The van der Waals surface area contributed by atoms with Crippen LogP contribution in [-0.4, -0.2) is 52.6 Å². The van der Waals surface area contributed by atoms with Crippen LogP contribution in [0.4, 0.5) is 11.4 Å². The van der Waals surface area contributed by atoms with Crippen molar-refractivity contribution in [3.05, 3.63) is 60.7 Å². The van der Waals surface area contributed by atoms with Crippen LogP contribution in [0.3, 0.4) is 0 Å². The van der Waals surface area contributed by atoms with Crippen molar-refractivity contribution in [3.63, 3.8) is 0 Å². The Morgan fingerprint density at radius 1 is 0.448 bits per heavy atom. The quantitative estimate of drug-likeness (QED) is 0.189. The van der Waals surface area contributed by atoms with E-state index in [4.69, 9.17) is 64.0 Å². The number of hydrogen-bond acceptors (Lipinski definition) is 8. The van der Waals surface area contributed by atoms with Crippen molar-refractivity contribution in [1.29, 1.82) is 0 Å². The highest BCUT2D eigenvalue weighted by molar-refractivity contribution is 7.80. The second-order valence-electron chi connectivity index (χ2n) is 4.16. The summed E-state index contributed by atoms with van der Waals surface area (Å²) in [5, 5.41) is 0. The average Bonchev–Trinajstić information content (AvgIpc) is 2.44. The third-order valence-electron chi connectivity index (χ3n) is 1.60. The number of benzene rings is 2. The van der Waals surface area contributed by atoms with E-state index in [9.17, 15) is 0 Å². The Morgan fingerprint density at radius 3 is 0.655 bits per heavy atom. The van der Waals surface area contributed by atoms with E-state index in [0.29, 0.717) is 0 Å². The van der Waals surface area contributed by atoms with Crippen LogP contribution in [0.2, 0.25) is 0 Å². The van der Waals surface area contributed by atoms with E-state index in [1.54, 1.807) is 0 Å². The molecule has 2 rings (SSSR count). The van der Waals surface area contributed by atoms with Gasteiger partial charge in [-0.1, -0.05) is 36.4 Å². The molecule has 0 amide bonds. The normalized spacial score (nSPS) is 10.1. The van der Waals surface area contributed by atoms with E-state index < -0.39 is 31.2 Å². The van der Waals surface area contributed by atoms with Gasteiger partial charge in [-0.25, -0.2) is 0 Å². The van der Waals surface area contributed by atoms with Crippen LogP contribution in [0.15, 0.2) is 60.7 Å². The number of nitrogens with two attached hydrogens (primary N) is 2. The third-order valence-corrected chi connectivity index (χ3v) is 1.60. The summed E-state index contributed by atoms with van der Waals surface area (Å²) in [4.78, 5) is 0. The fourth-order valence-electron chi connectivity index (χ4n) is 0.906. The molecule has 2 aromatic carbocycles. The first kappa shape index (κ1) is 31.3. The van der Waals surface area contributed by atoms with Crippen LogP contribution in [0.1, 0.15) is 0 Å². The molecule has 0 aliphatic heterocycles. The second kappa shape index (κ2) is 15.6. The fourth-order valence-corrected chi connectivity index (χ4v) is 0.906. The van der Waals surface area contributed by atoms with Crippen molar-refractivity contribution in [3.8, 4) is 0 Å². The molecule has 2 aromatic rings. The van der Waals surface area contributed by atoms with Crippen LogP contribution in [0.5, 0.6) is 0 Å². The van der Waals surface area contributed by atoms with Crippen molar-refractivity contribution >= 4 is 42.6 Å². The maximum absolute atomic E-state index is 8.74. The SMILES string of the molecule is Nc1ccccc1.Nc1ccccc1.O=S(=O)(O)O.O=S(=O)(O)O.O=S(=O)(O)O. The maximum Gasteiger partial charge on any atom is 0.394 e. The number of nitrogen functional groups attached to an aromatic ring is 2. The molecule has 29 heavy (non-hydrogen) atoms. The summed E-state index contributed by atoms with van der Waals surface area (Å²) in [6.45, 7) is 0.